The molecule has 2 rings (SSSR count). The molecule has 1 saturated carbocycles. The van der Waals surface area contributed by atoms with Crippen LogP contribution in [0.5, 0.6) is 0 Å². The molecular formula is C10H18N4. The molecule has 0 saturated heterocycles. The van der Waals surface area contributed by atoms with Crippen LogP contribution in [-0.2, 0) is 7.05 Å². The van der Waals surface area contributed by atoms with Crippen LogP contribution in [0, 0.1) is 5.92 Å². The van der Waals surface area contributed by atoms with Crippen molar-refractivity contribution in [2.24, 2.45) is 13.0 Å². The van der Waals surface area contributed by atoms with Gasteiger partial charge in [-0.3, -0.25) is 0 Å². The van der Waals surface area contributed by atoms with Crippen molar-refractivity contribution in [2.45, 2.75) is 38.8 Å². The van der Waals surface area contributed by atoms with Crippen molar-refractivity contribution in [3.63, 3.8) is 0 Å². The molecule has 0 bridgehead atoms. The molecule has 1 aromatic heterocycles. The number of nitrogens with one attached hydrogen (secondary N) is 1. The van der Waals surface area contributed by atoms with Crippen LogP contribution in [0.15, 0.2) is 6.33 Å². The Bertz CT molecular complexity index is 303. The van der Waals surface area contributed by atoms with E-state index in [2.05, 4.69) is 29.4 Å². The molecule has 1 aliphatic rings. The normalized spacial score (nSPS) is 20.8. The Labute approximate surface area is 84.7 Å². The van der Waals surface area contributed by atoms with Gasteiger partial charge in [-0.15, -0.1) is 10.2 Å². The van der Waals surface area contributed by atoms with Crippen LogP contribution in [0.2, 0.25) is 0 Å². The third kappa shape index (κ3) is 1.95. The highest BCUT2D eigenvalue weighted by Gasteiger charge is 2.29. The monoisotopic (exact) mass is 194 g/mol. The van der Waals surface area contributed by atoms with Gasteiger partial charge in [-0.2, -0.15) is 0 Å². The van der Waals surface area contributed by atoms with Crippen LogP contribution < -0.4 is 5.32 Å². The van der Waals surface area contributed by atoms with Gasteiger partial charge >= 0.3 is 0 Å². The summed E-state index contributed by atoms with van der Waals surface area (Å²) in [5.74, 6) is 1.89. The number of aryl methyl sites for hydroxylation is 1. The molecule has 1 heterocycles. The Kier molecular flexibility index (Phi) is 2.54. The highest BCUT2D eigenvalue weighted by atomic mass is 15.3. The highest BCUT2D eigenvalue weighted by Crippen LogP contribution is 2.33. The van der Waals surface area contributed by atoms with E-state index in [-0.39, 0.29) is 6.04 Å². The lowest BCUT2D eigenvalue weighted by molar-refractivity contribution is 0.422. The summed E-state index contributed by atoms with van der Waals surface area (Å²) in [6.07, 6.45) is 4.49. The second-order valence-corrected chi connectivity index (χ2v) is 4.31. The lowest BCUT2D eigenvalue weighted by Crippen LogP contribution is -2.31. The molecule has 1 N–H and O–H groups in total. The van der Waals surface area contributed by atoms with Crippen LogP contribution in [-0.4, -0.2) is 20.8 Å². The smallest absolute Gasteiger partial charge is 0.149 e. The van der Waals surface area contributed by atoms with Gasteiger partial charge in [0.1, 0.15) is 12.2 Å². The van der Waals surface area contributed by atoms with Crippen LogP contribution in [0.25, 0.3) is 0 Å². The molecule has 4 nitrogen and oxygen atoms in total. The fraction of sp³-hybridized carbons (Fsp3) is 0.800. The standard InChI is InChI=1S/C10H18N4/c1-7(9-4-5-9)12-8(2)10-13-11-6-14(10)3/h6-9,12H,4-5H2,1-3H3. The zero-order valence-corrected chi connectivity index (χ0v) is 9.07. The van der Waals surface area contributed by atoms with Crippen LogP contribution >= 0.6 is 0 Å². The molecule has 0 aliphatic heterocycles. The number of hydrogen-bond acceptors (Lipinski definition) is 3. The first-order valence-electron chi connectivity index (χ1n) is 5.28. The Morgan fingerprint density at radius 1 is 1.50 bits per heavy atom. The molecule has 1 fully saturated rings. The van der Waals surface area contributed by atoms with Crippen molar-refractivity contribution in [3.8, 4) is 0 Å². The Morgan fingerprint density at radius 3 is 2.71 bits per heavy atom. The highest BCUT2D eigenvalue weighted by molar-refractivity contribution is 4.95. The molecule has 14 heavy (non-hydrogen) atoms. The van der Waals surface area contributed by atoms with Gasteiger partial charge in [0.2, 0.25) is 0 Å². The van der Waals surface area contributed by atoms with E-state index in [1.807, 2.05) is 11.6 Å². The Balaban J connectivity index is 1.94. The van der Waals surface area contributed by atoms with E-state index < -0.39 is 0 Å². The molecule has 4 heteroatoms. The summed E-state index contributed by atoms with van der Waals surface area (Å²) in [6, 6.07) is 0.889. The van der Waals surface area contributed by atoms with Crippen molar-refractivity contribution < 1.29 is 0 Å². The topological polar surface area (TPSA) is 42.7 Å². The van der Waals surface area contributed by atoms with Crippen molar-refractivity contribution in [1.29, 1.82) is 0 Å². The average Bonchev–Trinajstić information content (AvgIpc) is 2.89. The van der Waals surface area contributed by atoms with Gasteiger partial charge in [-0.25, -0.2) is 0 Å². The van der Waals surface area contributed by atoms with E-state index >= 15 is 0 Å². The summed E-state index contributed by atoms with van der Waals surface area (Å²) in [7, 11) is 1.98. The SMILES string of the molecule is CC(NC(C)C1CC1)c1nncn1C. The second kappa shape index (κ2) is 3.69. The third-order valence-electron chi connectivity index (χ3n) is 2.98. The van der Waals surface area contributed by atoms with Gasteiger partial charge < -0.3 is 9.88 Å². The lowest BCUT2D eigenvalue weighted by atomic mass is 10.2. The minimum atomic E-state index is 0.290. The van der Waals surface area contributed by atoms with E-state index in [9.17, 15) is 0 Å². The van der Waals surface area contributed by atoms with Gasteiger partial charge in [0.25, 0.3) is 0 Å². The van der Waals surface area contributed by atoms with Gasteiger partial charge in [0.05, 0.1) is 6.04 Å². The Morgan fingerprint density at radius 2 is 2.21 bits per heavy atom. The number of hydrogen-bond donors (Lipinski definition) is 1. The van der Waals surface area contributed by atoms with Gasteiger partial charge in [0, 0.05) is 13.1 Å². The first kappa shape index (κ1) is 9.65. The van der Waals surface area contributed by atoms with Gasteiger partial charge in [-0.1, -0.05) is 0 Å². The predicted molar refractivity (Wildman–Crippen MR) is 54.7 cm³/mol. The zero-order chi connectivity index (χ0) is 10.1. The number of aromatic nitrogens is 3. The summed E-state index contributed by atoms with van der Waals surface area (Å²) in [5.41, 5.74) is 0. The molecular weight excluding hydrogens is 176 g/mol. The minimum Gasteiger partial charge on any atom is -0.319 e. The van der Waals surface area contributed by atoms with E-state index in [0.717, 1.165) is 11.7 Å². The molecule has 0 aromatic carbocycles. The van der Waals surface area contributed by atoms with Crippen molar-refractivity contribution in [3.05, 3.63) is 12.2 Å². The van der Waals surface area contributed by atoms with Crippen molar-refractivity contribution in [2.75, 3.05) is 0 Å². The van der Waals surface area contributed by atoms with E-state index in [0.29, 0.717) is 6.04 Å². The van der Waals surface area contributed by atoms with Gasteiger partial charge in [-0.05, 0) is 32.6 Å². The predicted octanol–water partition coefficient (Wildman–Crippen LogP) is 1.26. The van der Waals surface area contributed by atoms with E-state index in [1.165, 1.54) is 12.8 Å². The van der Waals surface area contributed by atoms with Crippen molar-refractivity contribution in [1.82, 2.24) is 20.1 Å². The summed E-state index contributed by atoms with van der Waals surface area (Å²) >= 11 is 0. The zero-order valence-electron chi connectivity index (χ0n) is 9.07. The molecule has 0 radical (unpaired) electrons. The molecule has 2 unspecified atom stereocenters. The van der Waals surface area contributed by atoms with Crippen LogP contribution in [0.3, 0.4) is 0 Å². The van der Waals surface area contributed by atoms with Crippen molar-refractivity contribution >= 4 is 0 Å². The molecule has 0 spiro atoms. The number of nitrogens with zero attached hydrogens (tertiary/aromatic N) is 3. The van der Waals surface area contributed by atoms with Gasteiger partial charge in [0.15, 0.2) is 0 Å². The molecule has 78 valence electrons. The molecule has 0 amide bonds. The molecule has 1 aliphatic carbocycles. The second-order valence-electron chi connectivity index (χ2n) is 4.31. The van der Waals surface area contributed by atoms with E-state index in [1.54, 1.807) is 6.33 Å². The third-order valence-corrected chi connectivity index (χ3v) is 2.98. The maximum Gasteiger partial charge on any atom is 0.149 e. The summed E-state index contributed by atoms with van der Waals surface area (Å²) in [5, 5.41) is 11.5. The Hall–Kier alpha value is -0.900. The molecule has 2 atom stereocenters. The summed E-state index contributed by atoms with van der Waals surface area (Å²) < 4.78 is 1.97. The fourth-order valence-electron chi connectivity index (χ4n) is 1.89. The average molecular weight is 194 g/mol. The largest absolute Gasteiger partial charge is 0.319 e. The lowest BCUT2D eigenvalue weighted by Gasteiger charge is -2.18. The summed E-state index contributed by atoms with van der Waals surface area (Å²) in [4.78, 5) is 0. The maximum atomic E-state index is 4.10. The maximum absolute atomic E-state index is 4.10. The summed E-state index contributed by atoms with van der Waals surface area (Å²) in [6.45, 7) is 4.40. The minimum absolute atomic E-state index is 0.290. The first-order valence-corrected chi connectivity index (χ1v) is 5.28. The fourth-order valence-corrected chi connectivity index (χ4v) is 1.89. The van der Waals surface area contributed by atoms with E-state index in [4.69, 9.17) is 0 Å². The first-order chi connectivity index (χ1) is 6.68. The number of rotatable bonds is 4. The van der Waals surface area contributed by atoms with Crippen LogP contribution in [0.1, 0.15) is 38.6 Å². The van der Waals surface area contributed by atoms with Crippen LogP contribution in [0.4, 0.5) is 0 Å². The molecule has 1 aromatic rings. The quantitative estimate of drug-likeness (QED) is 0.784.